The molecule has 0 saturated carbocycles. The van der Waals surface area contributed by atoms with E-state index in [0.29, 0.717) is 16.7 Å². The Hall–Kier alpha value is -4.78. The molecule has 0 heterocycles. The number of hydrogen-bond acceptors (Lipinski definition) is 7. The number of phenols is 3. The summed E-state index contributed by atoms with van der Waals surface area (Å²) in [4.78, 5) is 24.3. The van der Waals surface area contributed by atoms with Crippen LogP contribution in [0.2, 0.25) is 0 Å². The second kappa shape index (κ2) is 11.9. The summed E-state index contributed by atoms with van der Waals surface area (Å²) in [6.07, 6.45) is 8.19. The van der Waals surface area contributed by atoms with Crippen molar-refractivity contribution in [2.75, 3.05) is 7.11 Å². The normalized spacial score (nSPS) is 11.3. The zero-order valence-electron chi connectivity index (χ0n) is 18.9. The lowest BCUT2D eigenvalue weighted by molar-refractivity contribution is -0.121. The van der Waals surface area contributed by atoms with Crippen LogP contribution in [0.1, 0.15) is 23.1 Å². The molecule has 0 unspecified atom stereocenters. The van der Waals surface area contributed by atoms with Crippen molar-refractivity contribution in [2.45, 2.75) is 6.42 Å². The second-order valence-corrected chi connectivity index (χ2v) is 7.41. The maximum Gasteiger partial charge on any atom is 0.168 e. The highest BCUT2D eigenvalue weighted by atomic mass is 16.5. The average Bonchev–Trinajstić information content (AvgIpc) is 2.85. The molecule has 35 heavy (non-hydrogen) atoms. The summed E-state index contributed by atoms with van der Waals surface area (Å²) in [7, 11) is 1.43. The third kappa shape index (κ3) is 7.36. The smallest absolute Gasteiger partial charge is 0.168 e. The standard InChI is InChI=1S/C28H24O7/c1-34-27-16-19(8-12-25(27)32)6-10-22(29)18-23(30)11-7-20-9-13-26(33)28(17-20)35-15-14-21-4-2-3-5-24(21)31/h2-17,31-33H,18H2,1H3/b10-6+,11-7+,15-14?. The van der Waals surface area contributed by atoms with Crippen LogP contribution < -0.4 is 9.47 Å². The van der Waals surface area contributed by atoms with Gasteiger partial charge < -0.3 is 24.8 Å². The first-order valence-electron chi connectivity index (χ1n) is 10.6. The van der Waals surface area contributed by atoms with Crippen molar-refractivity contribution in [1.82, 2.24) is 0 Å². The Kier molecular flexibility index (Phi) is 8.45. The molecule has 3 rings (SSSR count). The Morgan fingerprint density at radius 2 is 1.31 bits per heavy atom. The minimum absolute atomic E-state index is 0.00871. The molecule has 0 fully saturated rings. The summed E-state index contributed by atoms with van der Waals surface area (Å²) < 4.78 is 10.5. The number of benzene rings is 3. The molecule has 0 aromatic heterocycles. The zero-order valence-corrected chi connectivity index (χ0v) is 18.9. The highest BCUT2D eigenvalue weighted by Gasteiger charge is 2.06. The van der Waals surface area contributed by atoms with Crippen molar-refractivity contribution in [2.24, 2.45) is 0 Å². The highest BCUT2D eigenvalue weighted by molar-refractivity contribution is 6.10. The van der Waals surface area contributed by atoms with Crippen molar-refractivity contribution in [3.05, 3.63) is 95.8 Å². The van der Waals surface area contributed by atoms with Crippen molar-refractivity contribution >= 4 is 29.8 Å². The average molecular weight is 472 g/mol. The molecule has 0 atom stereocenters. The SMILES string of the molecule is COc1cc(/C=C/C(=O)CC(=O)/C=C/c2ccc(O)c(OC=Cc3ccccc3O)c2)ccc1O. The van der Waals surface area contributed by atoms with Gasteiger partial charge in [0.2, 0.25) is 0 Å². The number of methoxy groups -OCH3 is 1. The van der Waals surface area contributed by atoms with Crippen molar-refractivity contribution in [3.63, 3.8) is 0 Å². The Labute approximate surface area is 202 Å². The number of carbonyl (C=O) groups excluding carboxylic acids is 2. The van der Waals surface area contributed by atoms with E-state index in [4.69, 9.17) is 9.47 Å². The predicted octanol–water partition coefficient (Wildman–Crippen LogP) is 5.12. The van der Waals surface area contributed by atoms with E-state index in [-0.39, 0.29) is 41.0 Å². The third-order valence-electron chi connectivity index (χ3n) is 4.84. The molecule has 7 nitrogen and oxygen atoms in total. The fourth-order valence-corrected chi connectivity index (χ4v) is 3.00. The van der Waals surface area contributed by atoms with Crippen LogP contribution in [0.3, 0.4) is 0 Å². The van der Waals surface area contributed by atoms with Crippen LogP contribution in [-0.2, 0) is 9.59 Å². The van der Waals surface area contributed by atoms with E-state index < -0.39 is 5.78 Å². The van der Waals surface area contributed by atoms with Crippen molar-refractivity contribution in [1.29, 1.82) is 0 Å². The Morgan fingerprint density at radius 3 is 1.91 bits per heavy atom. The molecule has 0 amide bonds. The van der Waals surface area contributed by atoms with E-state index in [9.17, 15) is 24.9 Å². The largest absolute Gasteiger partial charge is 0.507 e. The molecule has 7 heteroatoms. The van der Waals surface area contributed by atoms with Gasteiger partial charge in [0.1, 0.15) is 5.75 Å². The molecular formula is C28H24O7. The number of phenolic OH excluding ortho intramolecular Hbond substituents is 3. The molecule has 0 aliphatic heterocycles. The molecule has 0 bridgehead atoms. The lowest BCUT2D eigenvalue weighted by Gasteiger charge is -2.05. The zero-order chi connectivity index (χ0) is 25.2. The molecule has 0 aliphatic carbocycles. The summed E-state index contributed by atoms with van der Waals surface area (Å²) in [6, 6.07) is 15.9. The molecule has 3 aromatic rings. The Morgan fingerprint density at radius 1 is 0.743 bits per heavy atom. The number of allylic oxidation sites excluding steroid dienone is 2. The van der Waals surface area contributed by atoms with Gasteiger partial charge in [-0.2, -0.15) is 0 Å². The monoisotopic (exact) mass is 472 g/mol. The molecule has 0 radical (unpaired) electrons. The van der Waals surface area contributed by atoms with Crippen LogP contribution >= 0.6 is 0 Å². The van der Waals surface area contributed by atoms with Crippen molar-refractivity contribution < 1.29 is 34.4 Å². The summed E-state index contributed by atoms with van der Waals surface area (Å²) in [5, 5.41) is 29.4. The van der Waals surface area contributed by atoms with Gasteiger partial charge in [0.05, 0.1) is 19.8 Å². The van der Waals surface area contributed by atoms with E-state index in [1.165, 1.54) is 55.9 Å². The maximum atomic E-state index is 12.2. The number of ether oxygens (including phenoxy) is 2. The summed E-state index contributed by atoms with van der Waals surface area (Å²) in [6.45, 7) is 0. The van der Waals surface area contributed by atoms with Gasteiger partial charge in [-0.3, -0.25) is 9.59 Å². The molecule has 3 aromatic carbocycles. The molecule has 178 valence electrons. The van der Waals surface area contributed by atoms with E-state index >= 15 is 0 Å². The van der Waals surface area contributed by atoms with E-state index in [1.807, 2.05) is 0 Å². The van der Waals surface area contributed by atoms with Crippen LogP contribution in [0.5, 0.6) is 28.7 Å². The maximum absolute atomic E-state index is 12.2. The number of carbonyl (C=O) groups is 2. The Balaban J connectivity index is 1.58. The van der Waals surface area contributed by atoms with Crippen LogP contribution in [0, 0.1) is 0 Å². The van der Waals surface area contributed by atoms with Gasteiger partial charge in [-0.15, -0.1) is 0 Å². The van der Waals surface area contributed by atoms with E-state index in [1.54, 1.807) is 48.5 Å². The van der Waals surface area contributed by atoms with Crippen molar-refractivity contribution in [3.8, 4) is 28.7 Å². The van der Waals surface area contributed by atoms with Gasteiger partial charge >= 0.3 is 0 Å². The first kappa shape index (κ1) is 24.9. The molecule has 0 spiro atoms. The first-order valence-corrected chi connectivity index (χ1v) is 10.6. The second-order valence-electron chi connectivity index (χ2n) is 7.41. The summed E-state index contributed by atoms with van der Waals surface area (Å²) in [5.41, 5.74) is 1.78. The number of hydrogen-bond donors (Lipinski definition) is 3. The number of aromatic hydroxyl groups is 3. The predicted molar refractivity (Wildman–Crippen MR) is 133 cm³/mol. The Bertz CT molecular complexity index is 1300. The first-order chi connectivity index (χ1) is 16.9. The lowest BCUT2D eigenvalue weighted by Crippen LogP contribution is -2.01. The van der Waals surface area contributed by atoms with Crippen LogP contribution in [0.25, 0.3) is 18.2 Å². The fourth-order valence-electron chi connectivity index (χ4n) is 3.00. The minimum Gasteiger partial charge on any atom is -0.507 e. The lowest BCUT2D eigenvalue weighted by atomic mass is 10.1. The third-order valence-corrected chi connectivity index (χ3v) is 4.84. The van der Waals surface area contributed by atoms with Gasteiger partial charge in [-0.25, -0.2) is 0 Å². The topological polar surface area (TPSA) is 113 Å². The van der Waals surface area contributed by atoms with Gasteiger partial charge in [0.25, 0.3) is 0 Å². The van der Waals surface area contributed by atoms with Crippen LogP contribution in [0.15, 0.2) is 79.1 Å². The van der Waals surface area contributed by atoms with Gasteiger partial charge in [-0.05, 0) is 59.7 Å². The molecule has 3 N–H and O–H groups in total. The minimum atomic E-state index is -0.391. The number of para-hydroxylation sites is 1. The van der Waals surface area contributed by atoms with Crippen LogP contribution in [-0.4, -0.2) is 34.0 Å². The number of ketones is 2. The van der Waals surface area contributed by atoms with E-state index in [2.05, 4.69) is 0 Å². The number of rotatable bonds is 10. The van der Waals surface area contributed by atoms with Gasteiger partial charge in [0.15, 0.2) is 34.6 Å². The summed E-state index contributed by atoms with van der Waals surface area (Å²) >= 11 is 0. The molecular weight excluding hydrogens is 448 g/mol. The fraction of sp³-hybridized carbons (Fsp3) is 0.0714. The highest BCUT2D eigenvalue weighted by Crippen LogP contribution is 2.28. The van der Waals surface area contributed by atoms with Gasteiger partial charge in [-0.1, -0.05) is 42.5 Å². The van der Waals surface area contributed by atoms with Gasteiger partial charge in [0, 0.05) is 5.56 Å². The molecule has 0 aliphatic rings. The van der Waals surface area contributed by atoms with Crippen LogP contribution in [0.4, 0.5) is 0 Å². The van der Waals surface area contributed by atoms with E-state index in [0.717, 1.165) is 0 Å². The molecule has 0 saturated heterocycles. The quantitative estimate of drug-likeness (QED) is 0.213. The summed E-state index contributed by atoms with van der Waals surface area (Å²) in [5.74, 6) is -0.334.